The van der Waals surface area contributed by atoms with Gasteiger partial charge < -0.3 is 9.72 Å². The van der Waals surface area contributed by atoms with Gasteiger partial charge in [0.15, 0.2) is 0 Å². The lowest BCUT2D eigenvalue weighted by atomic mass is 10.1. The highest BCUT2D eigenvalue weighted by molar-refractivity contribution is 6.32. The first-order valence-electron chi connectivity index (χ1n) is 7.13. The van der Waals surface area contributed by atoms with Crippen LogP contribution in [-0.2, 0) is 6.42 Å². The van der Waals surface area contributed by atoms with Gasteiger partial charge in [0, 0.05) is 18.8 Å². The molecule has 1 aromatic heterocycles. The van der Waals surface area contributed by atoms with E-state index in [0.29, 0.717) is 5.02 Å². The summed E-state index contributed by atoms with van der Waals surface area (Å²) in [6.45, 7) is 2.75. The van der Waals surface area contributed by atoms with E-state index < -0.39 is 0 Å². The SMILES string of the molecule is Cc1cccc(Cl)c1OCCCCCCc1ncc[nH]1.Cl. The van der Waals surface area contributed by atoms with Crippen molar-refractivity contribution in [3.8, 4) is 5.75 Å². The van der Waals surface area contributed by atoms with Crippen molar-refractivity contribution in [1.82, 2.24) is 9.97 Å². The number of nitrogens with zero attached hydrogens (tertiary/aromatic N) is 1. The van der Waals surface area contributed by atoms with E-state index in [9.17, 15) is 0 Å². The number of hydrogen-bond acceptors (Lipinski definition) is 2. The lowest BCUT2D eigenvalue weighted by Crippen LogP contribution is -1.99. The summed E-state index contributed by atoms with van der Waals surface area (Å²) >= 11 is 6.11. The van der Waals surface area contributed by atoms with Crippen molar-refractivity contribution < 1.29 is 4.74 Å². The summed E-state index contributed by atoms with van der Waals surface area (Å²) in [5.74, 6) is 1.90. The highest BCUT2D eigenvalue weighted by atomic mass is 35.5. The standard InChI is InChI=1S/C16H21ClN2O.ClH/c1-13-7-6-8-14(17)16(13)20-12-5-3-2-4-9-15-18-10-11-19-15;/h6-8,10-11H,2-5,9,12H2,1H3,(H,18,19);1H. The van der Waals surface area contributed by atoms with Gasteiger partial charge in [-0.3, -0.25) is 0 Å². The second-order valence-electron chi connectivity index (χ2n) is 4.93. The van der Waals surface area contributed by atoms with Crippen LogP contribution in [0.15, 0.2) is 30.6 Å². The molecule has 0 spiro atoms. The molecule has 0 aliphatic heterocycles. The molecule has 0 saturated carbocycles. The number of H-pyrrole nitrogens is 1. The minimum absolute atomic E-state index is 0. The molecule has 0 unspecified atom stereocenters. The molecule has 0 fully saturated rings. The number of imidazole rings is 1. The van der Waals surface area contributed by atoms with E-state index >= 15 is 0 Å². The van der Waals surface area contributed by atoms with Gasteiger partial charge in [-0.05, 0) is 31.4 Å². The van der Waals surface area contributed by atoms with Gasteiger partial charge in [-0.15, -0.1) is 12.4 Å². The van der Waals surface area contributed by atoms with Crippen LogP contribution in [0.4, 0.5) is 0 Å². The fourth-order valence-electron chi connectivity index (χ4n) is 2.16. The number of halogens is 2. The molecule has 0 radical (unpaired) electrons. The van der Waals surface area contributed by atoms with Crippen LogP contribution >= 0.6 is 24.0 Å². The molecule has 21 heavy (non-hydrogen) atoms. The van der Waals surface area contributed by atoms with E-state index in [1.807, 2.05) is 31.3 Å². The molecule has 0 atom stereocenters. The van der Waals surface area contributed by atoms with Crippen LogP contribution in [0.2, 0.25) is 5.02 Å². The van der Waals surface area contributed by atoms with E-state index in [2.05, 4.69) is 9.97 Å². The lowest BCUT2D eigenvalue weighted by Gasteiger charge is -2.10. The third-order valence-electron chi connectivity index (χ3n) is 3.27. The lowest BCUT2D eigenvalue weighted by molar-refractivity contribution is 0.303. The van der Waals surface area contributed by atoms with Gasteiger partial charge in [0.1, 0.15) is 11.6 Å². The minimum Gasteiger partial charge on any atom is -0.492 e. The Morgan fingerprint density at radius 2 is 2.00 bits per heavy atom. The van der Waals surface area contributed by atoms with Crippen molar-refractivity contribution in [2.45, 2.75) is 39.0 Å². The average Bonchev–Trinajstić information content (AvgIpc) is 2.93. The number of ether oxygens (including phenoxy) is 1. The molecule has 0 saturated heterocycles. The zero-order chi connectivity index (χ0) is 14.2. The van der Waals surface area contributed by atoms with E-state index in [1.165, 1.54) is 19.3 Å². The molecule has 1 N–H and O–H groups in total. The number of unbranched alkanes of at least 4 members (excludes halogenated alkanes) is 3. The van der Waals surface area contributed by atoms with Gasteiger partial charge in [0.05, 0.1) is 11.6 Å². The van der Waals surface area contributed by atoms with Crippen molar-refractivity contribution >= 4 is 24.0 Å². The number of aromatic amines is 1. The van der Waals surface area contributed by atoms with Crippen LogP contribution in [-0.4, -0.2) is 16.6 Å². The predicted molar refractivity (Wildman–Crippen MR) is 89.7 cm³/mol. The molecule has 2 rings (SSSR count). The second kappa shape index (κ2) is 9.69. The summed E-state index contributed by atoms with van der Waals surface area (Å²) in [6.07, 6.45) is 9.29. The van der Waals surface area contributed by atoms with Gasteiger partial charge >= 0.3 is 0 Å². The maximum absolute atomic E-state index is 6.11. The van der Waals surface area contributed by atoms with Crippen molar-refractivity contribution in [2.24, 2.45) is 0 Å². The smallest absolute Gasteiger partial charge is 0.140 e. The topological polar surface area (TPSA) is 37.9 Å². The van der Waals surface area contributed by atoms with Crippen LogP contribution < -0.4 is 4.74 Å². The first-order valence-corrected chi connectivity index (χ1v) is 7.51. The summed E-state index contributed by atoms with van der Waals surface area (Å²) in [7, 11) is 0. The van der Waals surface area contributed by atoms with E-state index in [-0.39, 0.29) is 12.4 Å². The van der Waals surface area contributed by atoms with Crippen LogP contribution in [0.25, 0.3) is 0 Å². The van der Waals surface area contributed by atoms with Gasteiger partial charge in [-0.1, -0.05) is 36.6 Å². The summed E-state index contributed by atoms with van der Waals surface area (Å²) in [5, 5.41) is 0.697. The monoisotopic (exact) mass is 328 g/mol. The first-order chi connectivity index (χ1) is 9.77. The number of aromatic nitrogens is 2. The number of nitrogens with one attached hydrogen (secondary N) is 1. The normalized spacial score (nSPS) is 10.2. The van der Waals surface area contributed by atoms with Crippen molar-refractivity contribution in [3.63, 3.8) is 0 Å². The Morgan fingerprint density at radius 1 is 1.19 bits per heavy atom. The second-order valence-corrected chi connectivity index (χ2v) is 5.34. The summed E-state index contributed by atoms with van der Waals surface area (Å²) < 4.78 is 5.77. The van der Waals surface area contributed by atoms with Crippen molar-refractivity contribution in [3.05, 3.63) is 47.0 Å². The fraction of sp³-hybridized carbons (Fsp3) is 0.438. The summed E-state index contributed by atoms with van der Waals surface area (Å²) in [4.78, 5) is 7.34. The zero-order valence-corrected chi connectivity index (χ0v) is 13.8. The number of benzene rings is 1. The molecule has 0 aliphatic carbocycles. The molecule has 0 amide bonds. The summed E-state index contributed by atoms with van der Waals surface area (Å²) in [6, 6.07) is 5.83. The maximum atomic E-state index is 6.11. The number of para-hydroxylation sites is 1. The molecule has 1 heterocycles. The number of aryl methyl sites for hydroxylation is 2. The van der Waals surface area contributed by atoms with Crippen LogP contribution in [0.3, 0.4) is 0 Å². The Morgan fingerprint density at radius 3 is 2.71 bits per heavy atom. The van der Waals surface area contributed by atoms with Crippen molar-refractivity contribution in [2.75, 3.05) is 6.61 Å². The molecular formula is C16H22Cl2N2O. The number of rotatable bonds is 8. The highest BCUT2D eigenvalue weighted by Gasteiger charge is 2.04. The number of hydrogen-bond donors (Lipinski definition) is 1. The summed E-state index contributed by atoms with van der Waals surface area (Å²) in [5.41, 5.74) is 1.09. The fourth-order valence-corrected chi connectivity index (χ4v) is 2.43. The Balaban J connectivity index is 0.00000220. The van der Waals surface area contributed by atoms with Gasteiger partial charge in [0.25, 0.3) is 0 Å². The van der Waals surface area contributed by atoms with Gasteiger partial charge in [-0.2, -0.15) is 0 Å². The van der Waals surface area contributed by atoms with Crippen LogP contribution in [0.5, 0.6) is 5.75 Å². The molecular weight excluding hydrogens is 307 g/mol. The molecule has 1 aromatic carbocycles. The Hall–Kier alpha value is -1.19. The predicted octanol–water partition coefficient (Wildman–Crippen LogP) is 4.98. The van der Waals surface area contributed by atoms with Crippen LogP contribution in [0.1, 0.15) is 37.1 Å². The highest BCUT2D eigenvalue weighted by Crippen LogP contribution is 2.28. The molecule has 0 bridgehead atoms. The molecule has 116 valence electrons. The minimum atomic E-state index is 0. The Bertz CT molecular complexity index is 495. The van der Waals surface area contributed by atoms with Gasteiger partial charge in [0.2, 0.25) is 0 Å². The third-order valence-corrected chi connectivity index (χ3v) is 3.57. The van der Waals surface area contributed by atoms with E-state index in [0.717, 1.165) is 36.6 Å². The Kier molecular flexibility index (Phi) is 8.24. The van der Waals surface area contributed by atoms with E-state index in [1.54, 1.807) is 6.20 Å². The maximum Gasteiger partial charge on any atom is 0.140 e. The molecule has 2 aromatic rings. The Labute approximate surface area is 137 Å². The largest absolute Gasteiger partial charge is 0.492 e. The van der Waals surface area contributed by atoms with Gasteiger partial charge in [-0.25, -0.2) is 4.98 Å². The first kappa shape index (κ1) is 17.9. The molecule has 5 heteroatoms. The molecule has 0 aliphatic rings. The van der Waals surface area contributed by atoms with Crippen LogP contribution in [0, 0.1) is 6.92 Å². The third kappa shape index (κ3) is 5.98. The quantitative estimate of drug-likeness (QED) is 0.694. The average molecular weight is 329 g/mol. The molecule has 3 nitrogen and oxygen atoms in total. The van der Waals surface area contributed by atoms with Crippen molar-refractivity contribution in [1.29, 1.82) is 0 Å². The van der Waals surface area contributed by atoms with E-state index in [4.69, 9.17) is 16.3 Å². The zero-order valence-electron chi connectivity index (χ0n) is 12.3.